The van der Waals surface area contributed by atoms with Gasteiger partial charge in [0.05, 0.1) is 44.2 Å². The van der Waals surface area contributed by atoms with Crippen LogP contribution in [0.1, 0.15) is 130 Å². The van der Waals surface area contributed by atoms with Crippen LogP contribution >= 0.6 is 0 Å². The second kappa shape index (κ2) is 20.6. The van der Waals surface area contributed by atoms with Crippen LogP contribution in [0, 0.1) is 0 Å². The van der Waals surface area contributed by atoms with Crippen molar-refractivity contribution in [1.29, 1.82) is 0 Å². The van der Waals surface area contributed by atoms with Crippen molar-refractivity contribution in [2.75, 3.05) is 9.62 Å². The summed E-state index contributed by atoms with van der Waals surface area (Å²) in [5.74, 6) is 0. The van der Waals surface area contributed by atoms with Crippen molar-refractivity contribution in [2.24, 2.45) is 0 Å². The molecular weight excluding hydrogens is 1290 g/mol. The minimum absolute atomic E-state index is 0.0292. The number of para-hydroxylation sites is 4. The van der Waals surface area contributed by atoms with E-state index in [0.29, 0.717) is 0 Å². The highest BCUT2D eigenvalue weighted by atomic mass is 16.3. The van der Waals surface area contributed by atoms with Crippen LogP contribution in [-0.4, -0.2) is 22.8 Å². The van der Waals surface area contributed by atoms with Gasteiger partial charge in [-0.15, -0.1) is 0 Å². The molecule has 106 heavy (non-hydrogen) atoms. The number of furan rings is 4. The smallest absolute Gasteiger partial charge is 0.376 e. The molecule has 10 heteroatoms. The second-order valence-corrected chi connectivity index (χ2v) is 35.7. The lowest BCUT2D eigenvalue weighted by molar-refractivity contribution is 0.523. The van der Waals surface area contributed by atoms with E-state index in [9.17, 15) is 0 Å². The SMILES string of the molecule is CC(C)(C)c1ccc(N2B3c4oc5ccc(C(C)(C)C)cc5c4-n4c5ccc(C(C)(C)Cc6ccc7oc8c(c9c%10c%11c8c8ccccc8n%11-c8c(oc%11ccc(C(C)(C)C)cc8%11)B%10N(c8ccccc8)c8ccccc8-9)c7c6)cc5c5c6oc7ccccc7c6c(c3c54)-c3cc(C(C)(C)C)ccc32)cc1. The topological polar surface area (TPSA) is 68.9 Å². The average molecular weight is 1380 g/mol. The van der Waals surface area contributed by atoms with Gasteiger partial charge in [0.2, 0.25) is 0 Å². The summed E-state index contributed by atoms with van der Waals surface area (Å²) in [4.78, 5) is 5.14. The fraction of sp³-hybridized carbons (Fsp3) is 0.208. The maximum Gasteiger partial charge on any atom is 0.376 e. The van der Waals surface area contributed by atoms with Gasteiger partial charge in [-0.1, -0.05) is 212 Å². The molecule has 0 atom stereocenters. The molecule has 0 aliphatic carbocycles. The third-order valence-electron chi connectivity index (χ3n) is 24.6. The van der Waals surface area contributed by atoms with Crippen molar-refractivity contribution >= 4 is 168 Å². The van der Waals surface area contributed by atoms with E-state index in [4.69, 9.17) is 17.7 Å². The van der Waals surface area contributed by atoms with E-state index in [2.05, 4.69) is 334 Å². The summed E-state index contributed by atoms with van der Waals surface area (Å²) >= 11 is 0. The molecule has 0 spiro atoms. The molecule has 8 nitrogen and oxygen atoms in total. The molecule has 0 radical (unpaired) electrons. The van der Waals surface area contributed by atoms with Gasteiger partial charge >= 0.3 is 13.7 Å². The molecule has 0 amide bonds. The van der Waals surface area contributed by atoms with E-state index < -0.39 is 0 Å². The summed E-state index contributed by atoms with van der Waals surface area (Å²) in [6, 6.07) is 82.3. The van der Waals surface area contributed by atoms with Gasteiger partial charge < -0.3 is 36.4 Å². The zero-order chi connectivity index (χ0) is 72.0. The summed E-state index contributed by atoms with van der Waals surface area (Å²) < 4.78 is 35.2. The fourth-order valence-electron chi connectivity index (χ4n) is 19.3. The Morgan fingerprint density at radius 2 is 0.774 bits per heavy atom. The largest absolute Gasteiger partial charge is 0.466 e. The lowest BCUT2D eigenvalue weighted by Crippen LogP contribution is -2.60. The first kappa shape index (κ1) is 62.1. The van der Waals surface area contributed by atoms with E-state index in [1.807, 2.05) is 0 Å². The van der Waals surface area contributed by atoms with Crippen molar-refractivity contribution in [3.05, 3.63) is 252 Å². The van der Waals surface area contributed by atoms with Gasteiger partial charge in [-0.25, -0.2) is 0 Å². The molecule has 0 N–H and O–H groups in total. The summed E-state index contributed by atoms with van der Waals surface area (Å²) in [7, 11) is 0. The first-order valence-corrected chi connectivity index (χ1v) is 37.9. The van der Waals surface area contributed by atoms with Crippen LogP contribution in [-0.2, 0) is 33.5 Å². The van der Waals surface area contributed by atoms with Gasteiger partial charge in [-0.3, -0.25) is 0 Å². The van der Waals surface area contributed by atoms with Gasteiger partial charge in [0, 0.05) is 77.0 Å². The molecule has 4 aliphatic heterocycles. The molecule has 0 unspecified atom stereocenters. The molecular formula is C96H80B2N4O4. The van der Waals surface area contributed by atoms with Crippen LogP contribution in [0.15, 0.2) is 236 Å². The van der Waals surface area contributed by atoms with Gasteiger partial charge in [0.15, 0.2) is 0 Å². The lowest BCUT2D eigenvalue weighted by atomic mass is 9.46. The normalized spacial score (nSPS) is 14.3. The van der Waals surface area contributed by atoms with Crippen molar-refractivity contribution in [1.82, 2.24) is 9.13 Å². The van der Waals surface area contributed by atoms with Crippen LogP contribution in [0.2, 0.25) is 0 Å². The molecule has 18 aromatic rings. The summed E-state index contributed by atoms with van der Waals surface area (Å²) in [6.45, 7) is 31.9. The Labute approximate surface area is 616 Å². The van der Waals surface area contributed by atoms with Crippen LogP contribution in [0.25, 0.3) is 143 Å². The predicted molar refractivity (Wildman–Crippen MR) is 445 cm³/mol. The summed E-state index contributed by atoms with van der Waals surface area (Å²) in [5.41, 5.74) is 32.5. The van der Waals surface area contributed by atoms with E-state index in [-0.39, 0.29) is 40.8 Å². The quantitative estimate of drug-likeness (QED) is 0.160. The molecule has 12 aromatic carbocycles. The highest BCUT2D eigenvalue weighted by molar-refractivity contribution is 6.94. The van der Waals surface area contributed by atoms with Crippen molar-refractivity contribution in [3.63, 3.8) is 0 Å². The number of benzene rings is 12. The number of aromatic nitrogens is 2. The molecule has 0 bridgehead atoms. The molecule has 514 valence electrons. The van der Waals surface area contributed by atoms with E-state index in [0.717, 1.165) is 156 Å². The average Bonchev–Trinajstić information content (AvgIpc) is 1.51. The first-order valence-electron chi connectivity index (χ1n) is 37.9. The number of anilines is 4. The zero-order valence-electron chi connectivity index (χ0n) is 62.6. The monoisotopic (exact) mass is 1370 g/mol. The number of hydrogen-bond acceptors (Lipinski definition) is 6. The maximum absolute atomic E-state index is 7.61. The van der Waals surface area contributed by atoms with Crippen LogP contribution < -0.4 is 31.9 Å². The van der Waals surface area contributed by atoms with Crippen molar-refractivity contribution in [2.45, 2.75) is 130 Å². The number of fused-ring (bicyclic) bond motifs is 30. The Morgan fingerprint density at radius 1 is 0.321 bits per heavy atom. The van der Waals surface area contributed by atoms with E-state index in [1.165, 1.54) is 72.1 Å². The first-order chi connectivity index (χ1) is 50.9. The Morgan fingerprint density at radius 3 is 1.41 bits per heavy atom. The van der Waals surface area contributed by atoms with Crippen LogP contribution in [0.4, 0.5) is 22.7 Å². The predicted octanol–water partition coefficient (Wildman–Crippen LogP) is 23.4. The molecule has 6 aromatic heterocycles. The molecule has 10 heterocycles. The highest BCUT2D eigenvalue weighted by Gasteiger charge is 2.52. The zero-order valence-corrected chi connectivity index (χ0v) is 62.6. The highest BCUT2D eigenvalue weighted by Crippen LogP contribution is 2.56. The Balaban J connectivity index is 0.784. The van der Waals surface area contributed by atoms with Gasteiger partial charge in [-0.2, -0.15) is 0 Å². The summed E-state index contributed by atoms with van der Waals surface area (Å²) in [5, 5.41) is 11.3. The third-order valence-corrected chi connectivity index (χ3v) is 24.6. The fourth-order valence-corrected chi connectivity index (χ4v) is 19.3. The molecule has 0 saturated heterocycles. The van der Waals surface area contributed by atoms with Crippen LogP contribution in [0.5, 0.6) is 0 Å². The standard InChI is InChI=1S/C96H80B2N4O4/c1-92(2,3)53-33-39-59(40-34-53)102-71-42-35-54(93(4,5)6)47-64(71)77-78-62-28-20-23-31-72(62)103-88(78)81-63-50-57(36-41-69(63)100-85-67-49-56(95(10,11)12)38-45-75(67)106-91(85)98(102)83(77)87(81)100)96(13,14)51-52-32-43-73-65(46-52)79-76-61-27-19-22-30-70(61)101(58-24-16-15-17-25-58)97-82(76)86-80(89(79)104-73)60-26-18-21-29-68(60)99(86)84-66-48-55(94(7,8)9)37-44-74(66)105-90(84)97/h15-50H,51H2,1-14H3. The number of rotatable bonds is 5. The van der Waals surface area contributed by atoms with Crippen LogP contribution in [0.3, 0.4) is 0 Å². The van der Waals surface area contributed by atoms with Gasteiger partial charge in [0.25, 0.3) is 0 Å². The minimum atomic E-state index is -0.382. The van der Waals surface area contributed by atoms with Crippen molar-refractivity contribution < 1.29 is 17.7 Å². The molecule has 0 fully saturated rings. The minimum Gasteiger partial charge on any atom is -0.466 e. The number of nitrogens with zero attached hydrogens (tertiary/aromatic N) is 4. The van der Waals surface area contributed by atoms with E-state index >= 15 is 0 Å². The van der Waals surface area contributed by atoms with E-state index in [1.54, 1.807) is 0 Å². The Hall–Kier alpha value is -11.4. The number of hydrogen-bond donors (Lipinski definition) is 0. The Kier molecular flexibility index (Phi) is 12.0. The molecule has 22 rings (SSSR count). The summed E-state index contributed by atoms with van der Waals surface area (Å²) in [6.07, 6.45) is 0.753. The van der Waals surface area contributed by atoms with Crippen molar-refractivity contribution in [3.8, 4) is 33.6 Å². The molecule has 4 aliphatic rings. The van der Waals surface area contributed by atoms with Gasteiger partial charge in [0.1, 0.15) is 44.8 Å². The second-order valence-electron chi connectivity index (χ2n) is 35.7. The Bertz CT molecular complexity index is 6960. The van der Waals surface area contributed by atoms with Gasteiger partial charge in [-0.05, 0) is 192 Å². The third kappa shape index (κ3) is 8.22. The lowest BCUT2D eigenvalue weighted by Gasteiger charge is -2.41. The maximum atomic E-state index is 7.61. The molecule has 0 saturated carbocycles.